The summed E-state index contributed by atoms with van der Waals surface area (Å²) in [6.45, 7) is 1.84. The number of fused-ring (bicyclic) bond motifs is 1. The first kappa shape index (κ1) is 22.4. The van der Waals surface area contributed by atoms with Crippen molar-refractivity contribution in [3.63, 3.8) is 0 Å². The number of esters is 1. The third kappa shape index (κ3) is 4.87. The first-order valence-electron chi connectivity index (χ1n) is 9.99. The van der Waals surface area contributed by atoms with Crippen LogP contribution in [0.1, 0.15) is 23.0 Å². The normalized spacial score (nSPS) is 11.1. The lowest BCUT2D eigenvalue weighted by Gasteiger charge is -2.09. The Labute approximate surface area is 197 Å². The van der Waals surface area contributed by atoms with Gasteiger partial charge in [0.1, 0.15) is 5.00 Å². The van der Waals surface area contributed by atoms with Gasteiger partial charge in [-0.25, -0.2) is 4.79 Å². The van der Waals surface area contributed by atoms with Gasteiger partial charge in [-0.2, -0.15) is 9.78 Å². The summed E-state index contributed by atoms with van der Waals surface area (Å²) in [6, 6.07) is 15.8. The number of hydrogen-bond acceptors (Lipinski definition) is 6. The molecule has 0 saturated carbocycles. The summed E-state index contributed by atoms with van der Waals surface area (Å²) in [5, 5.41) is 9.90. The van der Waals surface area contributed by atoms with Crippen LogP contribution in [0.25, 0.3) is 22.5 Å². The Balaban J connectivity index is 1.79. The zero-order chi connectivity index (χ0) is 23.4. The highest BCUT2D eigenvalue weighted by Gasteiger charge is 2.23. The van der Waals surface area contributed by atoms with Crippen LogP contribution in [-0.4, -0.2) is 28.3 Å². The van der Waals surface area contributed by atoms with E-state index in [0.29, 0.717) is 21.1 Å². The molecule has 0 spiro atoms. The molecule has 4 rings (SSSR count). The molecule has 0 aliphatic heterocycles. The Kier molecular flexibility index (Phi) is 6.67. The summed E-state index contributed by atoms with van der Waals surface area (Å²) in [6.07, 6.45) is 3.05. The largest absolute Gasteiger partial charge is 0.461 e. The van der Waals surface area contributed by atoms with E-state index in [9.17, 15) is 14.4 Å². The van der Waals surface area contributed by atoms with E-state index in [4.69, 9.17) is 16.3 Å². The van der Waals surface area contributed by atoms with Gasteiger partial charge in [-0.05, 0) is 42.8 Å². The van der Waals surface area contributed by atoms with Gasteiger partial charge in [-0.15, -0.1) is 11.3 Å². The smallest absolute Gasteiger partial charge is 0.359 e. The molecule has 1 amide bonds. The molecule has 2 aromatic carbocycles. The standard InChI is InChI=1S/C24H18ClN3O4S/c1-2-32-24(31)21-18-14-33-22(26-19(29)13-8-15-6-4-3-5-7-15)20(18)23(30)28(27-21)17-11-9-16(25)10-12-17/h3-14H,2H2,1H3,(H,26,29)/b13-8+. The Morgan fingerprint density at radius 3 is 2.58 bits per heavy atom. The van der Waals surface area contributed by atoms with Gasteiger partial charge in [-0.1, -0.05) is 41.9 Å². The molecule has 0 aliphatic rings. The maximum absolute atomic E-state index is 13.3. The summed E-state index contributed by atoms with van der Waals surface area (Å²) in [5.74, 6) is -1.07. The van der Waals surface area contributed by atoms with Crippen molar-refractivity contribution in [2.75, 3.05) is 11.9 Å². The highest BCUT2D eigenvalue weighted by Crippen LogP contribution is 2.30. The van der Waals surface area contributed by atoms with Crippen molar-refractivity contribution >= 4 is 56.7 Å². The van der Waals surface area contributed by atoms with Crippen LogP contribution in [0.4, 0.5) is 5.00 Å². The molecule has 0 fully saturated rings. The SMILES string of the molecule is CCOC(=O)c1nn(-c2ccc(Cl)cc2)c(=O)c2c(NC(=O)/C=C/c3ccccc3)scc12. The molecule has 0 atom stereocenters. The summed E-state index contributed by atoms with van der Waals surface area (Å²) >= 11 is 7.10. The summed E-state index contributed by atoms with van der Waals surface area (Å²) in [5.41, 5.74) is 0.786. The second kappa shape index (κ2) is 9.81. The first-order valence-corrected chi connectivity index (χ1v) is 11.3. The number of halogens is 1. The van der Waals surface area contributed by atoms with Crippen LogP contribution in [0.3, 0.4) is 0 Å². The second-order valence-corrected chi connectivity index (χ2v) is 8.17. The lowest BCUT2D eigenvalue weighted by molar-refractivity contribution is -0.111. The van der Waals surface area contributed by atoms with E-state index < -0.39 is 17.4 Å². The quantitative estimate of drug-likeness (QED) is 0.313. The number of anilines is 1. The van der Waals surface area contributed by atoms with E-state index in [1.54, 1.807) is 42.6 Å². The number of hydrogen-bond donors (Lipinski definition) is 1. The van der Waals surface area contributed by atoms with Crippen molar-refractivity contribution in [2.24, 2.45) is 0 Å². The zero-order valence-corrected chi connectivity index (χ0v) is 19.0. The van der Waals surface area contributed by atoms with Gasteiger partial charge >= 0.3 is 5.97 Å². The average Bonchev–Trinajstić information content (AvgIpc) is 3.23. The van der Waals surface area contributed by atoms with E-state index in [0.717, 1.165) is 21.6 Å². The zero-order valence-electron chi connectivity index (χ0n) is 17.4. The third-order valence-electron chi connectivity index (χ3n) is 4.66. The lowest BCUT2D eigenvalue weighted by atomic mass is 10.2. The van der Waals surface area contributed by atoms with Crippen LogP contribution >= 0.6 is 22.9 Å². The summed E-state index contributed by atoms with van der Waals surface area (Å²) < 4.78 is 6.24. The number of aromatic nitrogens is 2. The van der Waals surface area contributed by atoms with E-state index in [-0.39, 0.29) is 17.7 Å². The van der Waals surface area contributed by atoms with Crippen LogP contribution in [0, 0.1) is 0 Å². The van der Waals surface area contributed by atoms with Crippen molar-refractivity contribution in [3.05, 3.63) is 92.7 Å². The average molecular weight is 480 g/mol. The lowest BCUT2D eigenvalue weighted by Crippen LogP contribution is -2.25. The highest BCUT2D eigenvalue weighted by molar-refractivity contribution is 7.16. The number of benzene rings is 2. The number of rotatable bonds is 6. The third-order valence-corrected chi connectivity index (χ3v) is 5.80. The Morgan fingerprint density at radius 1 is 1.15 bits per heavy atom. The molecule has 0 bridgehead atoms. The van der Waals surface area contributed by atoms with Crippen molar-refractivity contribution in [2.45, 2.75) is 6.92 Å². The van der Waals surface area contributed by atoms with Gasteiger partial charge in [0.25, 0.3) is 5.56 Å². The van der Waals surface area contributed by atoms with Gasteiger partial charge < -0.3 is 10.1 Å². The van der Waals surface area contributed by atoms with Gasteiger partial charge in [0, 0.05) is 21.9 Å². The molecule has 0 saturated heterocycles. The fraction of sp³-hybridized carbons (Fsp3) is 0.0833. The van der Waals surface area contributed by atoms with Gasteiger partial charge in [0.15, 0.2) is 5.69 Å². The van der Waals surface area contributed by atoms with Crippen LogP contribution in [-0.2, 0) is 9.53 Å². The minimum Gasteiger partial charge on any atom is -0.461 e. The molecule has 1 N–H and O–H groups in total. The summed E-state index contributed by atoms with van der Waals surface area (Å²) in [4.78, 5) is 38.5. The van der Waals surface area contributed by atoms with Crippen LogP contribution in [0.15, 0.2) is 70.8 Å². The van der Waals surface area contributed by atoms with Gasteiger partial charge in [-0.3, -0.25) is 9.59 Å². The highest BCUT2D eigenvalue weighted by atomic mass is 35.5. The van der Waals surface area contributed by atoms with Crippen LogP contribution in [0.2, 0.25) is 5.02 Å². The molecular weight excluding hydrogens is 462 g/mol. The fourth-order valence-corrected chi connectivity index (χ4v) is 4.20. The van der Waals surface area contributed by atoms with E-state index in [2.05, 4.69) is 10.4 Å². The molecule has 0 unspecified atom stereocenters. The van der Waals surface area contributed by atoms with Crippen molar-refractivity contribution in [1.29, 1.82) is 0 Å². The topological polar surface area (TPSA) is 90.3 Å². The Hall–Kier alpha value is -3.75. The van der Waals surface area contributed by atoms with E-state index in [1.165, 1.54) is 6.08 Å². The number of thiophene rings is 1. The molecule has 2 aromatic heterocycles. The molecule has 9 heteroatoms. The summed E-state index contributed by atoms with van der Waals surface area (Å²) in [7, 11) is 0. The van der Waals surface area contributed by atoms with Crippen molar-refractivity contribution in [3.8, 4) is 5.69 Å². The van der Waals surface area contributed by atoms with Gasteiger partial charge in [0.2, 0.25) is 5.91 Å². The second-order valence-electron chi connectivity index (χ2n) is 6.85. The molecule has 33 heavy (non-hydrogen) atoms. The molecule has 7 nitrogen and oxygen atoms in total. The maximum atomic E-state index is 13.3. The van der Waals surface area contributed by atoms with Crippen molar-refractivity contribution < 1.29 is 14.3 Å². The minimum atomic E-state index is -0.662. The number of amides is 1. The number of carbonyl (C=O) groups is 2. The molecule has 4 aromatic rings. The number of nitrogens with zero attached hydrogens (tertiary/aromatic N) is 2. The van der Waals surface area contributed by atoms with E-state index >= 15 is 0 Å². The van der Waals surface area contributed by atoms with Gasteiger partial charge in [0.05, 0.1) is 17.7 Å². The van der Waals surface area contributed by atoms with Crippen molar-refractivity contribution in [1.82, 2.24) is 9.78 Å². The van der Waals surface area contributed by atoms with Crippen LogP contribution < -0.4 is 10.9 Å². The predicted molar refractivity (Wildman–Crippen MR) is 130 cm³/mol. The Morgan fingerprint density at radius 2 is 1.88 bits per heavy atom. The number of ether oxygens (including phenoxy) is 1. The van der Waals surface area contributed by atoms with Crippen LogP contribution in [0.5, 0.6) is 0 Å². The molecule has 2 heterocycles. The molecule has 0 radical (unpaired) electrons. The van der Waals surface area contributed by atoms with E-state index in [1.807, 2.05) is 30.3 Å². The molecular formula is C24H18ClN3O4S. The fourth-order valence-electron chi connectivity index (χ4n) is 3.14. The monoisotopic (exact) mass is 479 g/mol. The first-order chi connectivity index (χ1) is 16.0. The number of nitrogens with one attached hydrogen (secondary N) is 1. The predicted octanol–water partition coefficient (Wildman–Crippen LogP) is 4.93. The maximum Gasteiger partial charge on any atom is 0.359 e. The minimum absolute atomic E-state index is 0.0158. The Bertz CT molecular complexity index is 1410. The molecule has 0 aliphatic carbocycles. The molecule has 166 valence electrons. The number of carbonyl (C=O) groups excluding carboxylic acids is 2.